The summed E-state index contributed by atoms with van der Waals surface area (Å²) in [7, 11) is 3.65. The number of hydrogen-bond acceptors (Lipinski definition) is 4. The Morgan fingerprint density at radius 1 is 1.53 bits per heavy atom. The Bertz CT molecular complexity index is 275. The van der Waals surface area contributed by atoms with Crippen LogP contribution in [0.2, 0.25) is 0 Å². The zero-order valence-electron chi connectivity index (χ0n) is 11.0. The summed E-state index contributed by atoms with van der Waals surface area (Å²) in [6, 6.07) is 0. The first kappa shape index (κ1) is 12.8. The van der Waals surface area contributed by atoms with E-state index in [1.807, 2.05) is 0 Å². The van der Waals surface area contributed by atoms with E-state index in [1.165, 1.54) is 20.0 Å². The van der Waals surface area contributed by atoms with E-state index in [2.05, 4.69) is 17.3 Å². The summed E-state index contributed by atoms with van der Waals surface area (Å²) in [4.78, 5) is 14.4. The Balaban J connectivity index is 2.02. The monoisotopic (exact) mass is 240 g/mol. The molecule has 0 aromatic carbocycles. The van der Waals surface area contributed by atoms with Gasteiger partial charge in [-0.25, -0.2) is 0 Å². The molecule has 2 aliphatic rings. The van der Waals surface area contributed by atoms with Crippen LogP contribution in [0.3, 0.4) is 0 Å². The maximum absolute atomic E-state index is 12.1. The zero-order valence-corrected chi connectivity index (χ0v) is 11.0. The average molecular weight is 240 g/mol. The van der Waals surface area contributed by atoms with Crippen molar-refractivity contribution in [2.24, 2.45) is 5.92 Å². The molecule has 0 saturated carbocycles. The molecule has 2 aliphatic heterocycles. The minimum atomic E-state index is -0.400. The lowest BCUT2D eigenvalue weighted by Gasteiger charge is -2.37. The molecule has 0 amide bonds. The van der Waals surface area contributed by atoms with Gasteiger partial charge in [-0.1, -0.05) is 0 Å². The molecule has 2 atom stereocenters. The van der Waals surface area contributed by atoms with E-state index < -0.39 is 5.54 Å². The second-order valence-corrected chi connectivity index (χ2v) is 5.58. The quantitative estimate of drug-likeness (QED) is 0.748. The molecule has 2 saturated heterocycles. The first-order valence-electron chi connectivity index (χ1n) is 6.68. The fraction of sp³-hybridized carbons (Fsp3) is 0.923. The second-order valence-electron chi connectivity index (χ2n) is 5.58. The standard InChI is InChI=1S/C13H24N2O2/c1-15-8-5-11(10-15)9-13(12(16)17-2)6-3-4-7-14-13/h11,14H,3-10H2,1-2H3. The van der Waals surface area contributed by atoms with Gasteiger partial charge in [0.05, 0.1) is 7.11 Å². The van der Waals surface area contributed by atoms with Gasteiger partial charge in [-0.2, -0.15) is 0 Å². The molecule has 0 aromatic heterocycles. The normalized spacial score (nSPS) is 34.8. The maximum atomic E-state index is 12.1. The van der Waals surface area contributed by atoms with E-state index in [4.69, 9.17) is 4.74 Å². The molecule has 0 spiro atoms. The highest BCUT2D eigenvalue weighted by Crippen LogP contribution is 2.31. The fourth-order valence-corrected chi connectivity index (χ4v) is 3.28. The van der Waals surface area contributed by atoms with E-state index in [9.17, 15) is 4.79 Å². The van der Waals surface area contributed by atoms with Gasteiger partial charge in [-0.05, 0) is 58.2 Å². The van der Waals surface area contributed by atoms with Crippen LogP contribution >= 0.6 is 0 Å². The van der Waals surface area contributed by atoms with Crippen molar-refractivity contribution in [3.8, 4) is 0 Å². The molecule has 1 N–H and O–H groups in total. The van der Waals surface area contributed by atoms with Gasteiger partial charge in [-0.15, -0.1) is 0 Å². The Morgan fingerprint density at radius 2 is 2.35 bits per heavy atom. The predicted molar refractivity (Wildman–Crippen MR) is 66.8 cm³/mol. The number of nitrogens with one attached hydrogen (secondary N) is 1. The van der Waals surface area contributed by atoms with Crippen LogP contribution in [0.25, 0.3) is 0 Å². The number of esters is 1. The molecule has 4 heteroatoms. The molecule has 0 aromatic rings. The van der Waals surface area contributed by atoms with E-state index in [-0.39, 0.29) is 5.97 Å². The first-order valence-corrected chi connectivity index (χ1v) is 6.68. The van der Waals surface area contributed by atoms with Gasteiger partial charge in [0.2, 0.25) is 0 Å². The van der Waals surface area contributed by atoms with Crippen LogP contribution in [-0.4, -0.2) is 50.2 Å². The number of rotatable bonds is 3. The van der Waals surface area contributed by atoms with E-state index in [0.29, 0.717) is 5.92 Å². The first-order chi connectivity index (χ1) is 8.16. The molecule has 0 radical (unpaired) electrons. The Labute approximate surface area is 104 Å². The van der Waals surface area contributed by atoms with Gasteiger partial charge in [0.25, 0.3) is 0 Å². The summed E-state index contributed by atoms with van der Waals surface area (Å²) in [5.74, 6) is 0.566. The maximum Gasteiger partial charge on any atom is 0.326 e. The molecular weight excluding hydrogens is 216 g/mol. The molecular formula is C13H24N2O2. The minimum absolute atomic E-state index is 0.0632. The average Bonchev–Trinajstić information content (AvgIpc) is 2.74. The van der Waals surface area contributed by atoms with Gasteiger partial charge in [0, 0.05) is 6.54 Å². The van der Waals surface area contributed by atoms with Crippen LogP contribution < -0.4 is 5.32 Å². The van der Waals surface area contributed by atoms with E-state index in [0.717, 1.165) is 38.9 Å². The number of ether oxygens (including phenoxy) is 1. The summed E-state index contributed by atoms with van der Waals surface area (Å²) in [6.07, 6.45) is 5.37. The van der Waals surface area contributed by atoms with Gasteiger partial charge < -0.3 is 15.0 Å². The van der Waals surface area contributed by atoms with Crippen molar-refractivity contribution >= 4 is 5.97 Å². The van der Waals surface area contributed by atoms with Crippen molar-refractivity contribution in [1.29, 1.82) is 0 Å². The molecule has 2 unspecified atom stereocenters. The summed E-state index contributed by atoms with van der Waals surface area (Å²) < 4.78 is 5.02. The van der Waals surface area contributed by atoms with Gasteiger partial charge in [0.15, 0.2) is 0 Å². The van der Waals surface area contributed by atoms with Crippen molar-refractivity contribution in [2.75, 3.05) is 33.8 Å². The van der Waals surface area contributed by atoms with Crippen molar-refractivity contribution in [2.45, 2.75) is 37.6 Å². The SMILES string of the molecule is COC(=O)C1(CC2CCN(C)C2)CCCCN1. The second kappa shape index (κ2) is 5.36. The largest absolute Gasteiger partial charge is 0.468 e. The number of piperidine rings is 1. The number of likely N-dealkylation sites (tertiary alicyclic amines) is 1. The fourth-order valence-electron chi connectivity index (χ4n) is 3.28. The van der Waals surface area contributed by atoms with Crippen LogP contribution in [0.1, 0.15) is 32.1 Å². The van der Waals surface area contributed by atoms with Gasteiger partial charge in [-0.3, -0.25) is 4.79 Å². The van der Waals surface area contributed by atoms with Gasteiger partial charge in [0.1, 0.15) is 5.54 Å². The highest BCUT2D eigenvalue weighted by molar-refractivity contribution is 5.81. The third kappa shape index (κ3) is 2.80. The van der Waals surface area contributed by atoms with Crippen LogP contribution in [0, 0.1) is 5.92 Å². The van der Waals surface area contributed by atoms with E-state index in [1.54, 1.807) is 0 Å². The molecule has 2 fully saturated rings. The summed E-state index contributed by atoms with van der Waals surface area (Å²) in [5, 5.41) is 3.43. The summed E-state index contributed by atoms with van der Waals surface area (Å²) in [5.41, 5.74) is -0.400. The number of carbonyl (C=O) groups excluding carboxylic acids is 1. The van der Waals surface area contributed by atoms with Crippen LogP contribution in [0.5, 0.6) is 0 Å². The Kier molecular flexibility index (Phi) is 4.05. The number of carbonyl (C=O) groups is 1. The van der Waals surface area contributed by atoms with Gasteiger partial charge >= 0.3 is 5.97 Å². The molecule has 4 nitrogen and oxygen atoms in total. The van der Waals surface area contributed by atoms with Crippen molar-refractivity contribution in [1.82, 2.24) is 10.2 Å². The van der Waals surface area contributed by atoms with E-state index >= 15 is 0 Å². The predicted octanol–water partition coefficient (Wildman–Crippen LogP) is 1.01. The summed E-state index contributed by atoms with van der Waals surface area (Å²) in [6.45, 7) is 3.21. The smallest absolute Gasteiger partial charge is 0.326 e. The third-order valence-corrected chi connectivity index (χ3v) is 4.20. The van der Waals surface area contributed by atoms with Crippen molar-refractivity contribution < 1.29 is 9.53 Å². The van der Waals surface area contributed by atoms with Crippen molar-refractivity contribution in [3.63, 3.8) is 0 Å². The van der Waals surface area contributed by atoms with Crippen molar-refractivity contribution in [3.05, 3.63) is 0 Å². The Morgan fingerprint density at radius 3 is 2.88 bits per heavy atom. The lowest BCUT2D eigenvalue weighted by atomic mass is 9.80. The molecule has 2 rings (SSSR count). The van der Waals surface area contributed by atoms with Crippen LogP contribution in [0.15, 0.2) is 0 Å². The lowest BCUT2D eigenvalue weighted by Crippen LogP contribution is -2.56. The highest BCUT2D eigenvalue weighted by atomic mass is 16.5. The minimum Gasteiger partial charge on any atom is -0.468 e. The Hall–Kier alpha value is -0.610. The third-order valence-electron chi connectivity index (χ3n) is 4.20. The lowest BCUT2D eigenvalue weighted by molar-refractivity contribution is -0.150. The molecule has 2 heterocycles. The molecule has 98 valence electrons. The molecule has 17 heavy (non-hydrogen) atoms. The molecule has 0 aliphatic carbocycles. The van der Waals surface area contributed by atoms with Crippen LogP contribution in [-0.2, 0) is 9.53 Å². The van der Waals surface area contributed by atoms with Crippen LogP contribution in [0.4, 0.5) is 0 Å². The number of methoxy groups -OCH3 is 1. The summed E-state index contributed by atoms with van der Waals surface area (Å²) >= 11 is 0. The highest BCUT2D eigenvalue weighted by Gasteiger charge is 2.42. The topological polar surface area (TPSA) is 41.6 Å². The number of hydrogen-bond donors (Lipinski definition) is 1. The number of nitrogens with zero attached hydrogens (tertiary/aromatic N) is 1. The zero-order chi connectivity index (χ0) is 12.3. The molecule has 0 bridgehead atoms.